The Morgan fingerprint density at radius 3 is 2.40 bits per heavy atom. The molecule has 0 atom stereocenters. The summed E-state index contributed by atoms with van der Waals surface area (Å²) in [6.07, 6.45) is 3.15. The molecule has 1 aliphatic carbocycles. The predicted molar refractivity (Wildman–Crippen MR) is 79.6 cm³/mol. The first kappa shape index (κ1) is 17.4. The maximum Gasteiger partial charge on any atom is 0.216 e. The minimum absolute atomic E-state index is 0. The molecule has 3 N–H and O–H groups in total. The van der Waals surface area contributed by atoms with E-state index in [4.69, 9.17) is 5.73 Å². The highest BCUT2D eigenvalue weighted by molar-refractivity contribution is 7.88. The number of nitrogens with one attached hydrogen (secondary N) is 1. The average Bonchev–Trinajstić information content (AvgIpc) is 2.35. The lowest BCUT2D eigenvalue weighted by Gasteiger charge is -2.26. The molecule has 0 aromatic heterocycles. The third-order valence-electron chi connectivity index (χ3n) is 3.42. The number of nitrogens with two attached hydrogens (primary N) is 1. The lowest BCUT2D eigenvalue weighted by atomic mass is 9.93. The van der Waals surface area contributed by atoms with Crippen LogP contribution >= 0.6 is 12.4 Å². The summed E-state index contributed by atoms with van der Waals surface area (Å²) in [7, 11) is -3.51. The Morgan fingerprint density at radius 1 is 1.20 bits per heavy atom. The van der Waals surface area contributed by atoms with Crippen LogP contribution in [0.2, 0.25) is 0 Å². The molecule has 1 saturated carbocycles. The van der Waals surface area contributed by atoms with Crippen LogP contribution < -0.4 is 10.5 Å². The molecule has 1 aromatic rings. The van der Waals surface area contributed by atoms with Crippen LogP contribution in [0, 0.1) is 5.82 Å². The van der Waals surface area contributed by atoms with Crippen LogP contribution in [0.4, 0.5) is 4.39 Å². The number of hydrogen-bond donors (Lipinski definition) is 2. The maximum atomic E-state index is 13.4. The molecule has 0 heterocycles. The van der Waals surface area contributed by atoms with E-state index in [1.165, 1.54) is 12.1 Å². The minimum Gasteiger partial charge on any atom is -0.328 e. The van der Waals surface area contributed by atoms with Crippen LogP contribution in [0.3, 0.4) is 0 Å². The van der Waals surface area contributed by atoms with Crippen LogP contribution in [0.5, 0.6) is 0 Å². The normalized spacial score (nSPS) is 23.1. The van der Waals surface area contributed by atoms with Gasteiger partial charge in [0.2, 0.25) is 10.0 Å². The Bertz CT molecular complexity index is 531. The van der Waals surface area contributed by atoms with Crippen LogP contribution in [-0.2, 0) is 15.8 Å². The van der Waals surface area contributed by atoms with Gasteiger partial charge in [0.15, 0.2) is 0 Å². The van der Waals surface area contributed by atoms with Gasteiger partial charge in [-0.15, -0.1) is 12.4 Å². The van der Waals surface area contributed by atoms with Crippen LogP contribution in [0.25, 0.3) is 0 Å². The van der Waals surface area contributed by atoms with E-state index in [1.54, 1.807) is 12.1 Å². The summed E-state index contributed by atoms with van der Waals surface area (Å²) >= 11 is 0. The van der Waals surface area contributed by atoms with Crippen LogP contribution in [-0.4, -0.2) is 20.5 Å². The number of halogens is 2. The third kappa shape index (κ3) is 5.01. The molecule has 1 aliphatic rings. The van der Waals surface area contributed by atoms with E-state index in [1.807, 2.05) is 0 Å². The van der Waals surface area contributed by atoms with Gasteiger partial charge in [-0.2, -0.15) is 0 Å². The average molecular weight is 323 g/mol. The fourth-order valence-corrected chi connectivity index (χ4v) is 3.82. The Morgan fingerprint density at radius 2 is 1.80 bits per heavy atom. The minimum atomic E-state index is -3.51. The summed E-state index contributed by atoms with van der Waals surface area (Å²) in [4.78, 5) is 0. The molecule has 0 aliphatic heterocycles. The molecule has 20 heavy (non-hydrogen) atoms. The molecule has 4 nitrogen and oxygen atoms in total. The summed E-state index contributed by atoms with van der Waals surface area (Å²) in [5.41, 5.74) is 5.97. The molecule has 0 unspecified atom stereocenters. The van der Waals surface area contributed by atoms with Crippen molar-refractivity contribution in [2.45, 2.75) is 43.5 Å². The number of benzene rings is 1. The lowest BCUT2D eigenvalue weighted by Crippen LogP contribution is -2.40. The van der Waals surface area contributed by atoms with Gasteiger partial charge in [-0.05, 0) is 31.7 Å². The molecule has 0 saturated heterocycles. The van der Waals surface area contributed by atoms with Gasteiger partial charge in [-0.3, -0.25) is 0 Å². The third-order valence-corrected chi connectivity index (χ3v) is 4.80. The standard InChI is InChI=1S/C13H19FN2O2S.ClH/c14-13-4-2-1-3-10(13)9-19(17,18)16-12-7-5-11(15)6-8-12;/h1-4,11-12,16H,5-9,15H2;1H. The first-order valence-electron chi connectivity index (χ1n) is 6.45. The van der Waals surface area contributed by atoms with E-state index in [-0.39, 0.29) is 35.8 Å². The van der Waals surface area contributed by atoms with Gasteiger partial charge in [0, 0.05) is 17.6 Å². The molecule has 114 valence electrons. The second kappa shape index (κ2) is 7.36. The smallest absolute Gasteiger partial charge is 0.216 e. The highest BCUT2D eigenvalue weighted by Gasteiger charge is 2.23. The highest BCUT2D eigenvalue weighted by atomic mass is 35.5. The highest BCUT2D eigenvalue weighted by Crippen LogP contribution is 2.18. The Hall–Kier alpha value is -0.690. The van der Waals surface area contributed by atoms with Crippen molar-refractivity contribution < 1.29 is 12.8 Å². The monoisotopic (exact) mass is 322 g/mol. The lowest BCUT2D eigenvalue weighted by molar-refractivity contribution is 0.373. The van der Waals surface area contributed by atoms with Crippen molar-refractivity contribution in [2.24, 2.45) is 5.73 Å². The number of sulfonamides is 1. The van der Waals surface area contributed by atoms with Crippen molar-refractivity contribution in [3.05, 3.63) is 35.6 Å². The van der Waals surface area contributed by atoms with E-state index in [9.17, 15) is 12.8 Å². The van der Waals surface area contributed by atoms with Crippen molar-refractivity contribution in [3.63, 3.8) is 0 Å². The van der Waals surface area contributed by atoms with Crippen LogP contribution in [0.1, 0.15) is 31.2 Å². The summed E-state index contributed by atoms with van der Waals surface area (Å²) in [6.45, 7) is 0. The molecule has 1 fully saturated rings. The quantitative estimate of drug-likeness (QED) is 0.889. The van der Waals surface area contributed by atoms with Crippen LogP contribution in [0.15, 0.2) is 24.3 Å². The summed E-state index contributed by atoms with van der Waals surface area (Å²) < 4.78 is 40.1. The van der Waals surface area contributed by atoms with Crippen molar-refractivity contribution in [2.75, 3.05) is 0 Å². The Labute approximate surface area is 125 Å². The van der Waals surface area contributed by atoms with E-state index >= 15 is 0 Å². The van der Waals surface area contributed by atoms with Crippen molar-refractivity contribution in [1.82, 2.24) is 4.72 Å². The molecular weight excluding hydrogens is 303 g/mol. The maximum absolute atomic E-state index is 13.4. The Balaban J connectivity index is 0.00000200. The summed E-state index contributed by atoms with van der Waals surface area (Å²) in [5, 5.41) is 0. The molecule has 0 spiro atoms. The van der Waals surface area contributed by atoms with E-state index in [0.717, 1.165) is 25.7 Å². The van der Waals surface area contributed by atoms with Gasteiger partial charge in [0.1, 0.15) is 5.82 Å². The first-order valence-corrected chi connectivity index (χ1v) is 8.10. The summed E-state index contributed by atoms with van der Waals surface area (Å²) in [6, 6.07) is 6.04. The molecule has 0 radical (unpaired) electrons. The van der Waals surface area contributed by atoms with E-state index < -0.39 is 15.8 Å². The van der Waals surface area contributed by atoms with Gasteiger partial charge in [-0.25, -0.2) is 17.5 Å². The molecule has 7 heteroatoms. The summed E-state index contributed by atoms with van der Waals surface area (Å²) in [5.74, 6) is -0.805. The van der Waals surface area contributed by atoms with Gasteiger partial charge in [-0.1, -0.05) is 18.2 Å². The van der Waals surface area contributed by atoms with Crippen molar-refractivity contribution in [3.8, 4) is 0 Å². The van der Waals surface area contributed by atoms with Gasteiger partial charge in [0.25, 0.3) is 0 Å². The second-order valence-electron chi connectivity index (χ2n) is 5.08. The first-order chi connectivity index (χ1) is 8.96. The SMILES string of the molecule is Cl.NC1CCC(NS(=O)(=O)Cc2ccccc2F)CC1. The number of rotatable bonds is 4. The Kier molecular flexibility index (Phi) is 6.39. The molecular formula is C13H20ClFN2O2S. The largest absolute Gasteiger partial charge is 0.328 e. The zero-order valence-corrected chi connectivity index (χ0v) is 12.7. The van der Waals surface area contributed by atoms with Crippen molar-refractivity contribution >= 4 is 22.4 Å². The predicted octanol–water partition coefficient (Wildman–Crippen LogP) is 1.94. The van der Waals surface area contributed by atoms with E-state index in [0.29, 0.717) is 0 Å². The molecule has 2 rings (SSSR count). The van der Waals surface area contributed by atoms with Gasteiger partial charge >= 0.3 is 0 Å². The van der Waals surface area contributed by atoms with Gasteiger partial charge in [0.05, 0.1) is 5.75 Å². The molecule has 0 bridgehead atoms. The van der Waals surface area contributed by atoms with E-state index in [2.05, 4.69) is 4.72 Å². The zero-order chi connectivity index (χ0) is 13.9. The zero-order valence-electron chi connectivity index (χ0n) is 11.1. The number of hydrogen-bond acceptors (Lipinski definition) is 3. The molecule has 1 aromatic carbocycles. The fourth-order valence-electron chi connectivity index (χ4n) is 2.35. The fraction of sp³-hybridized carbons (Fsp3) is 0.538. The van der Waals surface area contributed by atoms with Gasteiger partial charge < -0.3 is 5.73 Å². The topological polar surface area (TPSA) is 72.2 Å². The molecule has 0 amide bonds. The van der Waals surface area contributed by atoms with Crippen molar-refractivity contribution in [1.29, 1.82) is 0 Å². The second-order valence-corrected chi connectivity index (χ2v) is 6.83.